The van der Waals surface area contributed by atoms with E-state index in [0.717, 1.165) is 0 Å². The molecule has 0 radical (unpaired) electrons. The minimum Gasteiger partial charge on any atom is -0.481 e. The highest BCUT2D eigenvalue weighted by molar-refractivity contribution is 5.69. The number of carbonyl (C=O) groups is 2. The van der Waals surface area contributed by atoms with Crippen LogP contribution in [0, 0.1) is 5.92 Å². The van der Waals surface area contributed by atoms with Crippen molar-refractivity contribution < 1.29 is 24.9 Å². The van der Waals surface area contributed by atoms with Crippen molar-refractivity contribution >= 4 is 11.9 Å². The van der Waals surface area contributed by atoms with Crippen LogP contribution in [-0.2, 0) is 9.59 Å². The van der Waals surface area contributed by atoms with Crippen LogP contribution in [0.4, 0.5) is 0 Å². The minimum atomic E-state index is -0.930. The molecule has 1 unspecified atom stereocenters. The van der Waals surface area contributed by atoms with Gasteiger partial charge in [-0.3, -0.25) is 14.5 Å². The van der Waals surface area contributed by atoms with Crippen molar-refractivity contribution in [2.45, 2.75) is 13.3 Å². The summed E-state index contributed by atoms with van der Waals surface area (Å²) in [6, 6.07) is 0. The number of aliphatic hydroxyl groups is 1. The molecule has 0 heterocycles. The van der Waals surface area contributed by atoms with Gasteiger partial charge in [0.25, 0.3) is 0 Å². The first-order valence-electron chi connectivity index (χ1n) is 4.75. The first kappa shape index (κ1) is 13.9. The summed E-state index contributed by atoms with van der Waals surface area (Å²) in [5, 5.41) is 25.9. The van der Waals surface area contributed by atoms with Crippen molar-refractivity contribution in [2.75, 3.05) is 26.2 Å². The Hall–Kier alpha value is -1.14. The Balaban J connectivity index is 4.02. The SMILES string of the molecule is CC(CN(CCO)CCC(=O)O)C(=O)O. The Morgan fingerprint density at radius 3 is 2.27 bits per heavy atom. The Morgan fingerprint density at radius 2 is 1.87 bits per heavy atom. The summed E-state index contributed by atoms with van der Waals surface area (Å²) < 4.78 is 0. The fourth-order valence-electron chi connectivity index (χ4n) is 1.15. The number of hydrogen-bond donors (Lipinski definition) is 3. The number of hydrogen-bond acceptors (Lipinski definition) is 4. The Labute approximate surface area is 88.1 Å². The van der Waals surface area contributed by atoms with Crippen LogP contribution in [0.2, 0.25) is 0 Å². The summed E-state index contributed by atoms with van der Waals surface area (Å²) in [5.41, 5.74) is 0. The van der Waals surface area contributed by atoms with Crippen molar-refractivity contribution in [1.82, 2.24) is 4.90 Å². The van der Waals surface area contributed by atoms with E-state index in [1.807, 2.05) is 0 Å². The zero-order chi connectivity index (χ0) is 11.8. The third-order valence-electron chi connectivity index (χ3n) is 2.01. The second-order valence-corrected chi connectivity index (χ2v) is 3.41. The molecule has 0 spiro atoms. The Kier molecular flexibility index (Phi) is 6.64. The molecule has 0 bridgehead atoms. The summed E-state index contributed by atoms with van der Waals surface area (Å²) in [5.74, 6) is -2.42. The summed E-state index contributed by atoms with van der Waals surface area (Å²) in [6.07, 6.45) is -0.0493. The topological polar surface area (TPSA) is 98.1 Å². The van der Waals surface area contributed by atoms with Gasteiger partial charge in [-0.1, -0.05) is 6.92 Å². The fraction of sp³-hybridized carbons (Fsp3) is 0.778. The highest BCUT2D eigenvalue weighted by Gasteiger charge is 2.16. The number of nitrogens with zero attached hydrogens (tertiary/aromatic N) is 1. The van der Waals surface area contributed by atoms with Gasteiger partial charge in [-0.25, -0.2) is 0 Å². The van der Waals surface area contributed by atoms with E-state index in [1.165, 1.54) is 0 Å². The van der Waals surface area contributed by atoms with Gasteiger partial charge in [0.2, 0.25) is 0 Å². The average Bonchev–Trinajstić information content (AvgIpc) is 2.14. The van der Waals surface area contributed by atoms with Gasteiger partial charge in [0.1, 0.15) is 0 Å². The van der Waals surface area contributed by atoms with Gasteiger partial charge in [0.15, 0.2) is 0 Å². The molecule has 0 saturated carbocycles. The second-order valence-electron chi connectivity index (χ2n) is 3.41. The maximum Gasteiger partial charge on any atom is 0.307 e. The van der Waals surface area contributed by atoms with Gasteiger partial charge in [-0.15, -0.1) is 0 Å². The molecule has 0 aliphatic heterocycles. The van der Waals surface area contributed by atoms with Crippen LogP contribution in [-0.4, -0.2) is 58.4 Å². The van der Waals surface area contributed by atoms with E-state index in [2.05, 4.69) is 0 Å². The minimum absolute atomic E-state index is 0.0493. The first-order chi connectivity index (χ1) is 6.97. The van der Waals surface area contributed by atoms with Crippen molar-refractivity contribution in [3.63, 3.8) is 0 Å². The Bertz CT molecular complexity index is 219. The van der Waals surface area contributed by atoms with E-state index in [4.69, 9.17) is 15.3 Å². The molecule has 0 amide bonds. The molecular formula is C9H17NO5. The summed E-state index contributed by atoms with van der Waals surface area (Å²) >= 11 is 0. The second kappa shape index (κ2) is 7.19. The van der Waals surface area contributed by atoms with Crippen molar-refractivity contribution in [2.24, 2.45) is 5.92 Å². The maximum atomic E-state index is 10.6. The normalized spacial score (nSPS) is 12.7. The predicted octanol–water partition coefficient (Wildman–Crippen LogP) is -0.524. The van der Waals surface area contributed by atoms with E-state index in [9.17, 15) is 9.59 Å². The van der Waals surface area contributed by atoms with E-state index in [0.29, 0.717) is 6.54 Å². The molecule has 1 atom stereocenters. The van der Waals surface area contributed by atoms with Gasteiger partial charge < -0.3 is 15.3 Å². The van der Waals surface area contributed by atoms with Crippen LogP contribution in [0.5, 0.6) is 0 Å². The van der Waals surface area contributed by atoms with E-state index in [-0.39, 0.29) is 26.1 Å². The van der Waals surface area contributed by atoms with E-state index in [1.54, 1.807) is 11.8 Å². The van der Waals surface area contributed by atoms with Crippen LogP contribution in [0.3, 0.4) is 0 Å². The number of aliphatic hydroxyl groups excluding tert-OH is 1. The van der Waals surface area contributed by atoms with Gasteiger partial charge in [0, 0.05) is 19.6 Å². The highest BCUT2D eigenvalue weighted by atomic mass is 16.4. The highest BCUT2D eigenvalue weighted by Crippen LogP contribution is 2.01. The average molecular weight is 219 g/mol. The first-order valence-corrected chi connectivity index (χ1v) is 4.75. The molecule has 6 heteroatoms. The van der Waals surface area contributed by atoms with Gasteiger partial charge >= 0.3 is 11.9 Å². The van der Waals surface area contributed by atoms with Gasteiger partial charge in [-0.05, 0) is 0 Å². The van der Waals surface area contributed by atoms with Crippen molar-refractivity contribution in [3.05, 3.63) is 0 Å². The van der Waals surface area contributed by atoms with Crippen molar-refractivity contribution in [3.8, 4) is 0 Å². The zero-order valence-corrected chi connectivity index (χ0v) is 8.72. The number of carboxylic acids is 2. The smallest absolute Gasteiger partial charge is 0.307 e. The molecule has 15 heavy (non-hydrogen) atoms. The summed E-state index contributed by atoms with van der Waals surface area (Å²) in [6.45, 7) is 2.25. The number of rotatable bonds is 8. The lowest BCUT2D eigenvalue weighted by Crippen LogP contribution is -2.35. The van der Waals surface area contributed by atoms with Crippen molar-refractivity contribution in [1.29, 1.82) is 0 Å². The molecule has 3 N–H and O–H groups in total. The summed E-state index contributed by atoms with van der Waals surface area (Å²) in [4.78, 5) is 22.5. The quantitative estimate of drug-likeness (QED) is 0.508. The van der Waals surface area contributed by atoms with E-state index >= 15 is 0 Å². The van der Waals surface area contributed by atoms with Gasteiger partial charge in [0.05, 0.1) is 18.9 Å². The summed E-state index contributed by atoms with van der Waals surface area (Å²) in [7, 11) is 0. The standard InChI is InChI=1S/C9H17NO5/c1-7(9(14)15)6-10(4-5-11)3-2-8(12)13/h7,11H,2-6H2,1H3,(H,12,13)(H,14,15). The largest absolute Gasteiger partial charge is 0.481 e. The fourth-order valence-corrected chi connectivity index (χ4v) is 1.15. The zero-order valence-electron chi connectivity index (χ0n) is 8.72. The molecule has 0 aromatic carbocycles. The van der Waals surface area contributed by atoms with Crippen LogP contribution in [0.25, 0.3) is 0 Å². The number of aliphatic carboxylic acids is 2. The molecular weight excluding hydrogens is 202 g/mol. The molecule has 0 aliphatic carbocycles. The lowest BCUT2D eigenvalue weighted by molar-refractivity contribution is -0.141. The van der Waals surface area contributed by atoms with Crippen LogP contribution in [0.15, 0.2) is 0 Å². The molecule has 6 nitrogen and oxygen atoms in total. The Morgan fingerprint density at radius 1 is 1.27 bits per heavy atom. The molecule has 0 aromatic rings. The molecule has 0 fully saturated rings. The lowest BCUT2D eigenvalue weighted by atomic mass is 10.1. The van der Waals surface area contributed by atoms with Crippen LogP contribution >= 0.6 is 0 Å². The van der Waals surface area contributed by atoms with Gasteiger partial charge in [-0.2, -0.15) is 0 Å². The van der Waals surface area contributed by atoms with Crippen LogP contribution in [0.1, 0.15) is 13.3 Å². The third kappa shape index (κ3) is 6.87. The molecule has 88 valence electrons. The molecule has 0 saturated heterocycles. The lowest BCUT2D eigenvalue weighted by Gasteiger charge is -2.22. The van der Waals surface area contributed by atoms with Crippen LogP contribution < -0.4 is 0 Å². The maximum absolute atomic E-state index is 10.6. The number of carboxylic acid groups (broad SMARTS) is 2. The van der Waals surface area contributed by atoms with E-state index < -0.39 is 17.9 Å². The predicted molar refractivity (Wildman–Crippen MR) is 52.6 cm³/mol. The third-order valence-corrected chi connectivity index (χ3v) is 2.01. The molecule has 0 aromatic heterocycles. The molecule has 0 aliphatic rings. The molecule has 0 rings (SSSR count). The monoisotopic (exact) mass is 219 g/mol.